The monoisotopic (exact) mass is 392 g/mol. The van der Waals surface area contributed by atoms with Gasteiger partial charge in [-0.2, -0.15) is 0 Å². The minimum Gasteiger partial charge on any atom is -0.422 e. The van der Waals surface area contributed by atoms with Crippen LogP contribution in [0.25, 0.3) is 22.2 Å². The third-order valence-corrected chi connectivity index (χ3v) is 6.56. The van der Waals surface area contributed by atoms with Crippen LogP contribution in [0.2, 0.25) is 0 Å². The molecular weight excluding hydrogens is 380 g/mol. The Labute approximate surface area is 162 Å². The van der Waals surface area contributed by atoms with E-state index in [9.17, 15) is 9.59 Å². The molecule has 7 heteroatoms. The molecule has 0 unspecified atom stereocenters. The minimum atomic E-state index is -0.659. The van der Waals surface area contributed by atoms with Gasteiger partial charge >= 0.3 is 5.63 Å². The number of para-hydroxylation sites is 1. The van der Waals surface area contributed by atoms with Crippen LogP contribution in [-0.2, 0) is 5.75 Å². The van der Waals surface area contributed by atoms with Gasteiger partial charge in [0.25, 0.3) is 5.91 Å². The smallest absolute Gasteiger partial charge is 0.349 e. The summed E-state index contributed by atoms with van der Waals surface area (Å²) in [6.07, 6.45) is 0. The van der Waals surface area contributed by atoms with Crippen molar-refractivity contribution >= 4 is 45.1 Å². The fourth-order valence-electron chi connectivity index (χ4n) is 3.03. The van der Waals surface area contributed by atoms with Gasteiger partial charge < -0.3 is 4.42 Å². The van der Waals surface area contributed by atoms with E-state index in [0.717, 1.165) is 21.9 Å². The number of fused-ring (bicyclic) bond motifs is 4. The first kappa shape index (κ1) is 16.3. The van der Waals surface area contributed by atoms with Crippen molar-refractivity contribution in [2.45, 2.75) is 10.6 Å². The van der Waals surface area contributed by atoms with Gasteiger partial charge in [-0.1, -0.05) is 36.4 Å². The van der Waals surface area contributed by atoms with E-state index in [4.69, 9.17) is 4.42 Å². The molecule has 0 saturated carbocycles. The Bertz CT molecular complexity index is 1260. The van der Waals surface area contributed by atoms with Gasteiger partial charge in [-0.25, -0.2) is 9.78 Å². The average molecular weight is 392 g/mol. The lowest BCUT2D eigenvalue weighted by molar-refractivity contribution is 0.102. The molecule has 0 spiro atoms. The van der Waals surface area contributed by atoms with Crippen LogP contribution in [0.4, 0.5) is 5.13 Å². The highest BCUT2D eigenvalue weighted by atomic mass is 32.2. The van der Waals surface area contributed by atoms with E-state index in [2.05, 4.69) is 16.4 Å². The Morgan fingerprint density at radius 2 is 1.93 bits per heavy atom. The van der Waals surface area contributed by atoms with Gasteiger partial charge in [0.2, 0.25) is 0 Å². The quantitative estimate of drug-likeness (QED) is 0.497. The largest absolute Gasteiger partial charge is 0.422 e. The number of thiazole rings is 1. The molecule has 0 fully saturated rings. The lowest BCUT2D eigenvalue weighted by Crippen LogP contribution is -2.20. The lowest BCUT2D eigenvalue weighted by atomic mass is 10.1. The van der Waals surface area contributed by atoms with E-state index in [1.807, 2.05) is 24.3 Å². The van der Waals surface area contributed by atoms with Gasteiger partial charge in [0, 0.05) is 26.5 Å². The highest BCUT2D eigenvalue weighted by Gasteiger charge is 2.22. The Hall–Kier alpha value is -2.90. The molecule has 1 amide bonds. The molecular formula is C20H12N2O3S2. The SMILES string of the molecule is O=C(Nc1nc2c(s1)CSc1ccccc1-2)c1cc2ccccc2oc1=O. The number of nitrogens with zero attached hydrogens (tertiary/aromatic N) is 1. The summed E-state index contributed by atoms with van der Waals surface area (Å²) in [7, 11) is 0. The number of nitrogens with one attached hydrogen (secondary N) is 1. The molecule has 0 radical (unpaired) electrons. The van der Waals surface area contributed by atoms with Crippen molar-refractivity contribution in [1.82, 2.24) is 4.98 Å². The van der Waals surface area contributed by atoms with Crippen molar-refractivity contribution in [1.29, 1.82) is 0 Å². The third-order valence-electron chi connectivity index (χ3n) is 4.30. The van der Waals surface area contributed by atoms with Crippen molar-refractivity contribution < 1.29 is 9.21 Å². The van der Waals surface area contributed by atoms with E-state index in [0.29, 0.717) is 16.1 Å². The molecule has 0 aliphatic carbocycles. The molecule has 27 heavy (non-hydrogen) atoms. The van der Waals surface area contributed by atoms with Crippen LogP contribution in [0.1, 0.15) is 15.2 Å². The molecule has 1 aliphatic heterocycles. The number of hydrogen-bond donors (Lipinski definition) is 1. The fourth-order valence-corrected chi connectivity index (χ4v) is 5.13. The van der Waals surface area contributed by atoms with E-state index in [1.165, 1.54) is 16.2 Å². The molecule has 0 bridgehead atoms. The molecule has 1 N–H and O–H groups in total. The zero-order chi connectivity index (χ0) is 18.4. The van der Waals surface area contributed by atoms with Crippen LogP contribution in [0.15, 0.2) is 68.7 Å². The number of hydrogen-bond acceptors (Lipinski definition) is 6. The van der Waals surface area contributed by atoms with Gasteiger partial charge in [0.05, 0.1) is 5.69 Å². The van der Waals surface area contributed by atoms with Crippen molar-refractivity contribution in [3.63, 3.8) is 0 Å². The van der Waals surface area contributed by atoms with Crippen LogP contribution in [0, 0.1) is 0 Å². The maximum atomic E-state index is 12.6. The normalized spacial score (nSPS) is 12.4. The number of carbonyl (C=O) groups is 1. The Kier molecular flexibility index (Phi) is 3.84. The fraction of sp³-hybridized carbons (Fsp3) is 0.0500. The standard InChI is InChI=1S/C20H12N2O3S2/c23-18(13-9-11-5-1-3-7-14(11)25-19(13)24)22-20-21-17-12-6-2-4-8-15(12)26-10-16(17)27-20/h1-9H,10H2,(H,21,22,23). The van der Waals surface area contributed by atoms with Crippen LogP contribution < -0.4 is 10.9 Å². The van der Waals surface area contributed by atoms with Gasteiger partial charge in [0.1, 0.15) is 11.1 Å². The second-order valence-electron chi connectivity index (χ2n) is 6.02. The molecule has 0 atom stereocenters. The third kappa shape index (κ3) is 2.85. The summed E-state index contributed by atoms with van der Waals surface area (Å²) in [5.74, 6) is 0.305. The van der Waals surface area contributed by atoms with Crippen molar-refractivity contribution in [3.05, 3.63) is 75.5 Å². The van der Waals surface area contributed by atoms with E-state index >= 15 is 0 Å². The van der Waals surface area contributed by atoms with E-state index in [1.54, 1.807) is 36.0 Å². The molecule has 4 aromatic rings. The molecule has 0 saturated heterocycles. The van der Waals surface area contributed by atoms with E-state index in [-0.39, 0.29) is 5.56 Å². The average Bonchev–Trinajstić information content (AvgIpc) is 3.10. The first-order valence-electron chi connectivity index (χ1n) is 8.25. The highest BCUT2D eigenvalue weighted by molar-refractivity contribution is 7.98. The van der Waals surface area contributed by atoms with E-state index < -0.39 is 11.5 Å². The molecule has 5 rings (SSSR count). The molecule has 3 heterocycles. The summed E-state index contributed by atoms with van der Waals surface area (Å²) in [4.78, 5) is 31.7. The predicted molar refractivity (Wildman–Crippen MR) is 108 cm³/mol. The Balaban J connectivity index is 1.49. The first-order valence-corrected chi connectivity index (χ1v) is 10.1. The molecule has 2 aromatic carbocycles. The van der Waals surface area contributed by atoms with Gasteiger partial charge in [-0.05, 0) is 18.2 Å². The van der Waals surface area contributed by atoms with Gasteiger partial charge in [0.15, 0.2) is 5.13 Å². The molecule has 132 valence electrons. The summed E-state index contributed by atoms with van der Waals surface area (Å²) in [5.41, 5.74) is 1.74. The zero-order valence-electron chi connectivity index (χ0n) is 13.9. The van der Waals surface area contributed by atoms with Crippen molar-refractivity contribution in [2.75, 3.05) is 5.32 Å². The number of amides is 1. The summed E-state index contributed by atoms with van der Waals surface area (Å²) in [6, 6.07) is 16.7. The van der Waals surface area contributed by atoms with Crippen LogP contribution in [0.3, 0.4) is 0 Å². The minimum absolute atomic E-state index is 0.0309. The maximum Gasteiger partial charge on any atom is 0.349 e. The number of anilines is 1. The number of thioether (sulfide) groups is 1. The van der Waals surface area contributed by atoms with Crippen LogP contribution >= 0.6 is 23.1 Å². The lowest BCUT2D eigenvalue weighted by Gasteiger charge is -2.13. The summed E-state index contributed by atoms with van der Waals surface area (Å²) >= 11 is 3.19. The van der Waals surface area contributed by atoms with Crippen LogP contribution in [0.5, 0.6) is 0 Å². The topological polar surface area (TPSA) is 72.2 Å². The van der Waals surface area contributed by atoms with Crippen LogP contribution in [-0.4, -0.2) is 10.9 Å². The van der Waals surface area contributed by atoms with Crippen molar-refractivity contribution in [3.8, 4) is 11.3 Å². The van der Waals surface area contributed by atoms with Gasteiger partial charge in [-0.3, -0.25) is 10.1 Å². The maximum absolute atomic E-state index is 12.6. The zero-order valence-corrected chi connectivity index (χ0v) is 15.5. The summed E-state index contributed by atoms with van der Waals surface area (Å²) < 4.78 is 5.24. The second kappa shape index (κ2) is 6.37. The second-order valence-corrected chi connectivity index (χ2v) is 8.12. The number of benzene rings is 2. The molecule has 5 nitrogen and oxygen atoms in total. The molecule has 1 aliphatic rings. The number of rotatable bonds is 2. The Morgan fingerprint density at radius 3 is 2.85 bits per heavy atom. The van der Waals surface area contributed by atoms with Crippen molar-refractivity contribution in [2.24, 2.45) is 0 Å². The number of carbonyl (C=O) groups excluding carboxylic acids is 1. The first-order chi connectivity index (χ1) is 13.2. The Morgan fingerprint density at radius 1 is 1.11 bits per heavy atom. The number of aromatic nitrogens is 1. The summed E-state index contributed by atoms with van der Waals surface area (Å²) in [6.45, 7) is 0. The highest BCUT2D eigenvalue weighted by Crippen LogP contribution is 2.44. The predicted octanol–water partition coefficient (Wildman–Crippen LogP) is 4.77. The van der Waals surface area contributed by atoms with Gasteiger partial charge in [-0.15, -0.1) is 23.1 Å². The summed E-state index contributed by atoms with van der Waals surface area (Å²) in [5, 5.41) is 3.93. The molecule has 2 aromatic heterocycles.